The van der Waals surface area contributed by atoms with Crippen molar-refractivity contribution in [2.45, 2.75) is 31.9 Å². The summed E-state index contributed by atoms with van der Waals surface area (Å²) >= 11 is 1.45. The number of hydrogen-bond donors (Lipinski definition) is 2. The Kier molecular flexibility index (Phi) is 5.03. The van der Waals surface area contributed by atoms with Gasteiger partial charge in [-0.3, -0.25) is 10.2 Å². The molecular weight excluding hydrogens is 344 g/mol. The molecule has 1 aliphatic carbocycles. The molecule has 7 heteroatoms. The van der Waals surface area contributed by atoms with E-state index in [-0.39, 0.29) is 5.75 Å². The quantitative estimate of drug-likeness (QED) is 0.801. The predicted octanol–water partition coefficient (Wildman–Crippen LogP) is 2.64. The third-order valence-electron chi connectivity index (χ3n) is 4.07. The summed E-state index contributed by atoms with van der Waals surface area (Å²) in [6, 6.07) is 10.7. The van der Waals surface area contributed by atoms with E-state index in [2.05, 4.69) is 17.2 Å². The number of carbonyl (C=O) groups excluding carboxylic acids is 1. The van der Waals surface area contributed by atoms with Crippen LogP contribution in [0, 0.1) is 5.92 Å². The highest BCUT2D eigenvalue weighted by molar-refractivity contribution is 7.88. The zero-order chi connectivity index (χ0) is 17.2. The van der Waals surface area contributed by atoms with E-state index in [1.54, 1.807) is 24.3 Å². The van der Waals surface area contributed by atoms with E-state index in [4.69, 9.17) is 0 Å². The lowest BCUT2D eigenvalue weighted by molar-refractivity contribution is 0.0949. The fraction of sp³-hybridized carbons (Fsp3) is 0.353. The van der Waals surface area contributed by atoms with Crippen molar-refractivity contribution < 1.29 is 13.2 Å². The van der Waals surface area contributed by atoms with Crippen molar-refractivity contribution in [1.29, 1.82) is 0 Å². The van der Waals surface area contributed by atoms with E-state index in [1.807, 2.05) is 12.1 Å². The monoisotopic (exact) mass is 364 g/mol. The van der Waals surface area contributed by atoms with Crippen LogP contribution >= 0.6 is 11.3 Å². The van der Waals surface area contributed by atoms with Crippen LogP contribution in [0.15, 0.2) is 36.4 Å². The molecule has 2 N–H and O–H groups in total. The van der Waals surface area contributed by atoms with Gasteiger partial charge in [-0.1, -0.05) is 37.3 Å². The molecule has 2 aromatic rings. The molecule has 0 saturated heterocycles. The first-order chi connectivity index (χ1) is 11.4. The van der Waals surface area contributed by atoms with Crippen LogP contribution in [-0.2, 0) is 28.6 Å². The predicted molar refractivity (Wildman–Crippen MR) is 95.2 cm³/mol. The molecule has 3 rings (SSSR count). The fourth-order valence-electron chi connectivity index (χ4n) is 2.83. The van der Waals surface area contributed by atoms with Gasteiger partial charge in [0.25, 0.3) is 5.91 Å². The molecule has 24 heavy (non-hydrogen) atoms. The van der Waals surface area contributed by atoms with Crippen LogP contribution in [-0.4, -0.2) is 14.3 Å². The van der Waals surface area contributed by atoms with E-state index in [9.17, 15) is 13.2 Å². The van der Waals surface area contributed by atoms with Gasteiger partial charge in [-0.25, -0.2) is 8.42 Å². The molecular formula is C17H20N2O3S2. The number of amides is 1. The lowest BCUT2D eigenvalue weighted by Crippen LogP contribution is -2.41. The Hall–Kier alpha value is -1.70. The van der Waals surface area contributed by atoms with Crippen molar-refractivity contribution in [1.82, 2.24) is 10.3 Å². The van der Waals surface area contributed by atoms with Crippen LogP contribution in [0.5, 0.6) is 0 Å². The van der Waals surface area contributed by atoms with E-state index < -0.39 is 15.9 Å². The van der Waals surface area contributed by atoms with Crippen LogP contribution in [0.2, 0.25) is 0 Å². The molecule has 0 spiro atoms. The number of hydrazine groups is 1. The van der Waals surface area contributed by atoms with Crippen molar-refractivity contribution in [2.75, 3.05) is 0 Å². The molecule has 0 unspecified atom stereocenters. The maximum atomic E-state index is 12.2. The van der Waals surface area contributed by atoms with Crippen molar-refractivity contribution in [3.63, 3.8) is 0 Å². The summed E-state index contributed by atoms with van der Waals surface area (Å²) in [7, 11) is -3.63. The Morgan fingerprint density at radius 2 is 2.04 bits per heavy atom. The van der Waals surface area contributed by atoms with E-state index >= 15 is 0 Å². The number of fused-ring (bicyclic) bond motifs is 1. The van der Waals surface area contributed by atoms with Crippen molar-refractivity contribution >= 4 is 27.3 Å². The second-order valence-corrected chi connectivity index (χ2v) is 9.07. The van der Waals surface area contributed by atoms with Gasteiger partial charge in [-0.15, -0.1) is 16.2 Å². The highest BCUT2D eigenvalue weighted by Crippen LogP contribution is 2.32. The molecule has 0 bridgehead atoms. The maximum Gasteiger partial charge on any atom is 0.276 e. The molecule has 0 saturated carbocycles. The first-order valence-corrected chi connectivity index (χ1v) is 10.3. The zero-order valence-corrected chi connectivity index (χ0v) is 15.0. The van der Waals surface area contributed by atoms with Gasteiger partial charge in [0.1, 0.15) is 0 Å². The molecule has 1 heterocycles. The molecule has 5 nitrogen and oxygen atoms in total. The normalized spacial score (nSPS) is 17.3. The molecule has 1 amide bonds. The molecule has 0 radical (unpaired) electrons. The SMILES string of the molecule is C[C@@H]1CCc2sc(C(=O)NNS(=O)(=O)Cc3ccccc3)cc2C1. The molecule has 1 atom stereocenters. The number of thiophene rings is 1. The van der Waals surface area contributed by atoms with Gasteiger partial charge < -0.3 is 0 Å². The van der Waals surface area contributed by atoms with Gasteiger partial charge in [-0.2, -0.15) is 0 Å². The van der Waals surface area contributed by atoms with Crippen molar-refractivity contribution in [3.05, 3.63) is 57.3 Å². The Balaban J connectivity index is 1.61. The van der Waals surface area contributed by atoms with Gasteiger partial charge >= 0.3 is 0 Å². The van der Waals surface area contributed by atoms with Crippen LogP contribution in [0.4, 0.5) is 0 Å². The Labute approximate surface area is 146 Å². The summed E-state index contributed by atoms with van der Waals surface area (Å²) in [4.78, 5) is 16.2. The van der Waals surface area contributed by atoms with Gasteiger partial charge in [0.2, 0.25) is 10.0 Å². The Bertz CT molecular complexity index is 829. The first-order valence-electron chi connectivity index (χ1n) is 7.88. The fourth-order valence-corrected chi connectivity index (χ4v) is 4.89. The first kappa shape index (κ1) is 17.1. The Morgan fingerprint density at radius 1 is 1.29 bits per heavy atom. The number of aryl methyl sites for hydroxylation is 1. The smallest absolute Gasteiger partial charge is 0.273 e. The van der Waals surface area contributed by atoms with Gasteiger partial charge in [0, 0.05) is 4.88 Å². The summed E-state index contributed by atoms with van der Waals surface area (Å²) < 4.78 is 24.1. The van der Waals surface area contributed by atoms with Crippen LogP contribution < -0.4 is 10.3 Å². The van der Waals surface area contributed by atoms with E-state index in [1.165, 1.54) is 21.8 Å². The number of nitrogens with one attached hydrogen (secondary N) is 2. The standard InChI is InChI=1S/C17H20N2O3S2/c1-12-7-8-15-14(9-12)10-16(23-15)17(20)18-19-24(21,22)11-13-5-3-2-4-6-13/h2-6,10,12,19H,7-9,11H2,1H3,(H,18,20)/t12-/m1/s1. The average Bonchev–Trinajstić information content (AvgIpc) is 2.96. The molecule has 128 valence electrons. The minimum Gasteiger partial charge on any atom is -0.273 e. The van der Waals surface area contributed by atoms with Crippen LogP contribution in [0.3, 0.4) is 0 Å². The lowest BCUT2D eigenvalue weighted by Gasteiger charge is -2.16. The number of sulfonamides is 1. The largest absolute Gasteiger partial charge is 0.276 e. The summed E-state index contributed by atoms with van der Waals surface area (Å²) in [6.07, 6.45) is 3.12. The lowest BCUT2D eigenvalue weighted by atomic mass is 9.90. The third kappa shape index (κ3) is 4.23. The second-order valence-electron chi connectivity index (χ2n) is 6.21. The molecule has 0 fully saturated rings. The highest BCUT2D eigenvalue weighted by atomic mass is 32.2. The molecule has 1 aromatic carbocycles. The topological polar surface area (TPSA) is 75.3 Å². The third-order valence-corrected chi connectivity index (χ3v) is 6.43. The zero-order valence-electron chi connectivity index (χ0n) is 13.4. The average molecular weight is 364 g/mol. The van der Waals surface area contributed by atoms with Crippen LogP contribution in [0.25, 0.3) is 0 Å². The van der Waals surface area contributed by atoms with Gasteiger partial charge in [0.05, 0.1) is 10.6 Å². The molecule has 0 aliphatic heterocycles. The van der Waals surface area contributed by atoms with Crippen LogP contribution in [0.1, 0.15) is 39.0 Å². The maximum absolute atomic E-state index is 12.2. The summed E-state index contributed by atoms with van der Waals surface area (Å²) in [5.74, 6) is 0.0538. The molecule has 1 aliphatic rings. The molecule has 1 aromatic heterocycles. The summed E-state index contributed by atoms with van der Waals surface area (Å²) in [6.45, 7) is 2.21. The minimum atomic E-state index is -3.63. The highest BCUT2D eigenvalue weighted by Gasteiger charge is 2.21. The number of carbonyl (C=O) groups is 1. The summed E-state index contributed by atoms with van der Waals surface area (Å²) in [5.41, 5.74) is 4.20. The van der Waals surface area contributed by atoms with Gasteiger partial charge in [-0.05, 0) is 42.4 Å². The number of hydrogen-bond acceptors (Lipinski definition) is 4. The number of rotatable bonds is 5. The van der Waals surface area contributed by atoms with Crippen molar-refractivity contribution in [2.24, 2.45) is 5.92 Å². The minimum absolute atomic E-state index is 0.174. The van der Waals surface area contributed by atoms with Gasteiger partial charge in [0.15, 0.2) is 0 Å². The van der Waals surface area contributed by atoms with E-state index in [0.29, 0.717) is 16.4 Å². The summed E-state index contributed by atoms with van der Waals surface area (Å²) in [5, 5.41) is 0. The number of benzene rings is 1. The van der Waals surface area contributed by atoms with Crippen molar-refractivity contribution in [3.8, 4) is 0 Å². The van der Waals surface area contributed by atoms with E-state index in [0.717, 1.165) is 19.3 Å². The Morgan fingerprint density at radius 3 is 2.79 bits per heavy atom. The second kappa shape index (κ2) is 7.04.